The molecule has 2 unspecified atom stereocenters. The van der Waals surface area contributed by atoms with E-state index in [1.54, 1.807) is 0 Å². The third kappa shape index (κ3) is 2.69. The van der Waals surface area contributed by atoms with Crippen LogP contribution in [0.4, 0.5) is 5.69 Å². The highest BCUT2D eigenvalue weighted by Gasteiger charge is 2.34. The number of halogens is 1. The predicted molar refractivity (Wildman–Crippen MR) is 81.5 cm³/mol. The fourth-order valence-corrected chi connectivity index (χ4v) is 3.64. The highest BCUT2D eigenvalue weighted by Crippen LogP contribution is 2.32. The van der Waals surface area contributed by atoms with Gasteiger partial charge in [-0.15, -0.1) is 0 Å². The second kappa shape index (κ2) is 5.74. The first-order valence-electron chi connectivity index (χ1n) is 7.11. The molecule has 2 saturated heterocycles. The molecule has 2 atom stereocenters. The normalized spacial score (nSPS) is 26.1. The lowest BCUT2D eigenvalue weighted by atomic mass is 9.85. The van der Waals surface area contributed by atoms with Gasteiger partial charge in [0.15, 0.2) is 0 Å². The highest BCUT2D eigenvalue weighted by molar-refractivity contribution is 9.10. The molecule has 20 heavy (non-hydrogen) atoms. The van der Waals surface area contributed by atoms with Crippen molar-refractivity contribution in [3.05, 3.63) is 28.2 Å². The van der Waals surface area contributed by atoms with Gasteiger partial charge in [0.05, 0.1) is 6.61 Å². The molecule has 0 aromatic heterocycles. The summed E-state index contributed by atoms with van der Waals surface area (Å²) in [7, 11) is 0. The molecule has 1 aromatic carbocycles. The summed E-state index contributed by atoms with van der Waals surface area (Å²) in [5.74, 6) is 0.713. The number of benzene rings is 1. The van der Waals surface area contributed by atoms with Crippen molar-refractivity contribution in [2.45, 2.75) is 31.9 Å². The smallest absolute Gasteiger partial charge is 0.220 e. The lowest BCUT2D eigenvalue weighted by Gasteiger charge is -2.43. The molecule has 0 spiro atoms. The van der Waals surface area contributed by atoms with Gasteiger partial charge in [0.2, 0.25) is 5.91 Å². The number of carbonyl (C=O) groups excluding carboxylic acids is 1. The van der Waals surface area contributed by atoms with Crippen molar-refractivity contribution in [1.29, 1.82) is 0 Å². The minimum Gasteiger partial charge on any atom is -0.392 e. The highest BCUT2D eigenvalue weighted by atomic mass is 79.9. The van der Waals surface area contributed by atoms with Crippen molar-refractivity contribution < 1.29 is 9.90 Å². The third-order valence-electron chi connectivity index (χ3n) is 4.38. The average Bonchev–Trinajstić information content (AvgIpc) is 2.46. The Labute approximate surface area is 127 Å². The SMILES string of the molecule is O=C1CCC2CN(c3cc(Br)ccc3CO)CCC2N1. The first-order valence-corrected chi connectivity index (χ1v) is 7.90. The van der Waals surface area contributed by atoms with Crippen molar-refractivity contribution >= 4 is 27.5 Å². The Morgan fingerprint density at radius 2 is 2.25 bits per heavy atom. The molecule has 2 N–H and O–H groups in total. The van der Waals surface area contributed by atoms with E-state index in [2.05, 4.69) is 32.2 Å². The number of anilines is 1. The van der Waals surface area contributed by atoms with E-state index in [0.717, 1.165) is 41.7 Å². The number of aliphatic hydroxyl groups is 1. The number of rotatable bonds is 2. The first-order chi connectivity index (χ1) is 9.67. The fraction of sp³-hybridized carbons (Fsp3) is 0.533. The molecule has 0 radical (unpaired) electrons. The standard InChI is InChI=1S/C15H19BrN2O2/c16-12-3-1-11(9-19)14(7-12)18-6-5-13-10(8-18)2-4-15(20)17-13/h1,3,7,10,13,19H,2,4-6,8-9H2,(H,17,20). The Morgan fingerprint density at radius 3 is 3.05 bits per heavy atom. The molecule has 108 valence electrons. The molecule has 4 nitrogen and oxygen atoms in total. The number of fused-ring (bicyclic) bond motifs is 1. The van der Waals surface area contributed by atoms with Crippen LogP contribution in [0.5, 0.6) is 0 Å². The van der Waals surface area contributed by atoms with E-state index >= 15 is 0 Å². The topological polar surface area (TPSA) is 52.6 Å². The van der Waals surface area contributed by atoms with Crippen LogP contribution >= 0.6 is 15.9 Å². The number of carbonyl (C=O) groups is 1. The van der Waals surface area contributed by atoms with Gasteiger partial charge in [-0.3, -0.25) is 4.79 Å². The number of nitrogens with one attached hydrogen (secondary N) is 1. The van der Waals surface area contributed by atoms with E-state index in [1.807, 2.05) is 12.1 Å². The zero-order chi connectivity index (χ0) is 14.1. The van der Waals surface area contributed by atoms with Gasteiger partial charge in [-0.05, 0) is 30.9 Å². The Hall–Kier alpha value is -1.07. The first kappa shape index (κ1) is 13.9. The van der Waals surface area contributed by atoms with Crippen LogP contribution in [-0.4, -0.2) is 30.1 Å². The summed E-state index contributed by atoms with van der Waals surface area (Å²) in [4.78, 5) is 13.8. The van der Waals surface area contributed by atoms with Gasteiger partial charge in [0, 0.05) is 41.3 Å². The zero-order valence-electron chi connectivity index (χ0n) is 11.3. The molecule has 0 aliphatic carbocycles. The van der Waals surface area contributed by atoms with Gasteiger partial charge in [-0.25, -0.2) is 0 Å². The van der Waals surface area contributed by atoms with Crippen LogP contribution in [0, 0.1) is 5.92 Å². The molecule has 1 amide bonds. The Balaban J connectivity index is 1.79. The van der Waals surface area contributed by atoms with Crippen LogP contribution in [0.1, 0.15) is 24.8 Å². The van der Waals surface area contributed by atoms with Gasteiger partial charge in [-0.1, -0.05) is 22.0 Å². The van der Waals surface area contributed by atoms with E-state index in [0.29, 0.717) is 18.4 Å². The molecule has 2 aliphatic rings. The number of nitrogens with zero attached hydrogens (tertiary/aromatic N) is 1. The van der Waals surface area contributed by atoms with Crippen molar-refractivity contribution in [3.8, 4) is 0 Å². The zero-order valence-corrected chi connectivity index (χ0v) is 12.9. The van der Waals surface area contributed by atoms with Crippen LogP contribution in [0.15, 0.2) is 22.7 Å². The lowest BCUT2D eigenvalue weighted by Crippen LogP contribution is -2.54. The van der Waals surface area contributed by atoms with E-state index in [9.17, 15) is 9.90 Å². The fourth-order valence-electron chi connectivity index (χ4n) is 3.29. The maximum atomic E-state index is 11.5. The van der Waals surface area contributed by atoms with Crippen molar-refractivity contribution in [2.24, 2.45) is 5.92 Å². The molecule has 2 fully saturated rings. The van der Waals surface area contributed by atoms with Crippen LogP contribution in [-0.2, 0) is 11.4 Å². The Morgan fingerprint density at radius 1 is 1.40 bits per heavy atom. The maximum absolute atomic E-state index is 11.5. The van der Waals surface area contributed by atoms with Gasteiger partial charge < -0.3 is 15.3 Å². The summed E-state index contributed by atoms with van der Waals surface area (Å²) < 4.78 is 1.03. The third-order valence-corrected chi connectivity index (χ3v) is 4.87. The van der Waals surface area contributed by atoms with E-state index in [-0.39, 0.29) is 12.5 Å². The molecule has 1 aromatic rings. The summed E-state index contributed by atoms with van der Waals surface area (Å²) in [6.45, 7) is 1.93. The number of piperidine rings is 2. The summed E-state index contributed by atoms with van der Waals surface area (Å²) in [6.07, 6.45) is 2.59. The molecule has 0 bridgehead atoms. The molecular weight excluding hydrogens is 320 g/mol. The van der Waals surface area contributed by atoms with Gasteiger partial charge >= 0.3 is 0 Å². The van der Waals surface area contributed by atoms with Crippen LogP contribution in [0.3, 0.4) is 0 Å². The van der Waals surface area contributed by atoms with Gasteiger partial charge in [0.1, 0.15) is 0 Å². The van der Waals surface area contributed by atoms with Crippen LogP contribution in [0.2, 0.25) is 0 Å². The molecule has 3 rings (SSSR count). The summed E-state index contributed by atoms with van der Waals surface area (Å²) >= 11 is 3.50. The van der Waals surface area contributed by atoms with Crippen molar-refractivity contribution in [1.82, 2.24) is 5.32 Å². The summed E-state index contributed by atoms with van der Waals surface area (Å²) in [6, 6.07) is 6.33. The van der Waals surface area contributed by atoms with E-state index in [1.165, 1.54) is 0 Å². The van der Waals surface area contributed by atoms with Crippen molar-refractivity contribution in [2.75, 3.05) is 18.0 Å². The monoisotopic (exact) mass is 338 g/mol. The number of aliphatic hydroxyl groups excluding tert-OH is 1. The largest absolute Gasteiger partial charge is 0.392 e. The van der Waals surface area contributed by atoms with Crippen LogP contribution in [0.25, 0.3) is 0 Å². The lowest BCUT2D eigenvalue weighted by molar-refractivity contribution is -0.124. The maximum Gasteiger partial charge on any atom is 0.220 e. The second-order valence-electron chi connectivity index (χ2n) is 5.64. The van der Waals surface area contributed by atoms with Gasteiger partial charge in [-0.2, -0.15) is 0 Å². The quantitative estimate of drug-likeness (QED) is 0.867. The Kier molecular flexibility index (Phi) is 3.98. The number of hydrogen-bond donors (Lipinski definition) is 2. The molecule has 2 aliphatic heterocycles. The number of hydrogen-bond acceptors (Lipinski definition) is 3. The summed E-state index contributed by atoms with van der Waals surface area (Å²) in [5.41, 5.74) is 2.07. The molecular formula is C15H19BrN2O2. The summed E-state index contributed by atoms with van der Waals surface area (Å²) in [5, 5.41) is 12.6. The minimum absolute atomic E-state index is 0.0595. The average molecular weight is 339 g/mol. The molecule has 0 saturated carbocycles. The Bertz CT molecular complexity index is 521. The second-order valence-corrected chi connectivity index (χ2v) is 6.55. The van der Waals surface area contributed by atoms with Gasteiger partial charge in [0.25, 0.3) is 0 Å². The molecule has 5 heteroatoms. The van der Waals surface area contributed by atoms with E-state index < -0.39 is 0 Å². The van der Waals surface area contributed by atoms with Crippen LogP contribution < -0.4 is 10.2 Å². The number of amides is 1. The van der Waals surface area contributed by atoms with Crippen molar-refractivity contribution in [3.63, 3.8) is 0 Å². The van der Waals surface area contributed by atoms with E-state index in [4.69, 9.17) is 0 Å². The predicted octanol–water partition coefficient (Wildman–Crippen LogP) is 2.05. The molecule has 2 heterocycles. The minimum atomic E-state index is 0.0595.